The standard InChI is InChI=1S/C37H24/c1-3-13-28-24(10-1)12-9-19-30(28)37-33-17-7-5-15-31(33)36(32-16-6-8-18-34(32)37)27-21-20-26-22-25-11-2-4-14-29(25)35(26)23-27/h1-21,23H,22H2. The van der Waals surface area contributed by atoms with Gasteiger partial charge in [-0.3, -0.25) is 0 Å². The third-order valence-electron chi connectivity index (χ3n) is 8.08. The van der Waals surface area contributed by atoms with Gasteiger partial charge >= 0.3 is 0 Å². The highest BCUT2D eigenvalue weighted by Gasteiger charge is 2.21. The first kappa shape index (κ1) is 20.5. The number of hydrogen-bond donors (Lipinski definition) is 0. The molecule has 0 bridgehead atoms. The predicted octanol–water partition coefficient (Wildman–Crippen LogP) is 10.1. The summed E-state index contributed by atoms with van der Waals surface area (Å²) in [7, 11) is 0. The average molecular weight is 469 g/mol. The van der Waals surface area contributed by atoms with Gasteiger partial charge in [-0.25, -0.2) is 0 Å². The summed E-state index contributed by atoms with van der Waals surface area (Å²) < 4.78 is 0. The van der Waals surface area contributed by atoms with Gasteiger partial charge in [-0.05, 0) is 89.3 Å². The highest BCUT2D eigenvalue weighted by molar-refractivity contribution is 6.23. The van der Waals surface area contributed by atoms with E-state index in [9.17, 15) is 0 Å². The van der Waals surface area contributed by atoms with Crippen LogP contribution in [0.5, 0.6) is 0 Å². The maximum Gasteiger partial charge on any atom is -0.00134 e. The SMILES string of the molecule is c1ccc2c(c1)Cc1ccc(-c3c4ccccc4c(-c4cccc5ccccc45)c4ccccc34)cc1-2. The Balaban J connectivity index is 1.49. The highest BCUT2D eigenvalue weighted by atomic mass is 14.2. The molecule has 0 nitrogen and oxygen atoms in total. The fourth-order valence-electron chi connectivity index (χ4n) is 6.45. The van der Waals surface area contributed by atoms with E-state index in [0.29, 0.717) is 0 Å². The molecule has 0 unspecified atom stereocenters. The number of benzene rings is 7. The Hall–Kier alpha value is -4.68. The van der Waals surface area contributed by atoms with E-state index in [2.05, 4.69) is 133 Å². The molecule has 0 atom stereocenters. The average Bonchev–Trinajstić information content (AvgIpc) is 3.33. The van der Waals surface area contributed by atoms with Crippen LogP contribution in [0, 0.1) is 0 Å². The molecule has 0 saturated heterocycles. The Bertz CT molecular complexity index is 1950. The van der Waals surface area contributed by atoms with Gasteiger partial charge in [0.15, 0.2) is 0 Å². The van der Waals surface area contributed by atoms with Crippen molar-refractivity contribution in [1.29, 1.82) is 0 Å². The van der Waals surface area contributed by atoms with Crippen LogP contribution < -0.4 is 0 Å². The maximum absolute atomic E-state index is 2.42. The van der Waals surface area contributed by atoms with Crippen molar-refractivity contribution in [2.45, 2.75) is 6.42 Å². The lowest BCUT2D eigenvalue weighted by molar-refractivity contribution is 1.26. The summed E-state index contributed by atoms with van der Waals surface area (Å²) in [5.74, 6) is 0. The molecule has 8 rings (SSSR count). The lowest BCUT2D eigenvalue weighted by atomic mass is 9.84. The molecular formula is C37H24. The summed E-state index contributed by atoms with van der Waals surface area (Å²) in [5.41, 5.74) is 10.8. The third kappa shape index (κ3) is 3.03. The first-order chi connectivity index (χ1) is 18.4. The molecule has 0 saturated carbocycles. The smallest absolute Gasteiger partial charge is 0.00134 e. The van der Waals surface area contributed by atoms with E-state index < -0.39 is 0 Å². The van der Waals surface area contributed by atoms with Crippen LogP contribution in [0.1, 0.15) is 11.1 Å². The van der Waals surface area contributed by atoms with Gasteiger partial charge in [0.2, 0.25) is 0 Å². The van der Waals surface area contributed by atoms with Crippen LogP contribution in [-0.2, 0) is 6.42 Å². The van der Waals surface area contributed by atoms with Crippen molar-refractivity contribution < 1.29 is 0 Å². The monoisotopic (exact) mass is 468 g/mol. The summed E-state index contributed by atoms with van der Waals surface area (Å²) in [4.78, 5) is 0. The first-order valence-electron chi connectivity index (χ1n) is 13.0. The van der Waals surface area contributed by atoms with E-state index >= 15 is 0 Å². The lowest BCUT2D eigenvalue weighted by Gasteiger charge is -2.19. The fourth-order valence-corrected chi connectivity index (χ4v) is 6.45. The molecule has 7 aromatic rings. The Morgan fingerprint density at radius 2 is 0.892 bits per heavy atom. The molecule has 0 aromatic heterocycles. The number of fused-ring (bicyclic) bond motifs is 6. The first-order valence-corrected chi connectivity index (χ1v) is 13.0. The minimum atomic E-state index is 1.02. The van der Waals surface area contributed by atoms with E-state index in [1.807, 2.05) is 0 Å². The summed E-state index contributed by atoms with van der Waals surface area (Å²) in [6, 6.07) is 49.2. The zero-order valence-corrected chi connectivity index (χ0v) is 20.4. The molecule has 0 fully saturated rings. The van der Waals surface area contributed by atoms with Crippen molar-refractivity contribution in [1.82, 2.24) is 0 Å². The van der Waals surface area contributed by atoms with Crippen LogP contribution in [0.3, 0.4) is 0 Å². The van der Waals surface area contributed by atoms with E-state index in [1.165, 1.54) is 76.8 Å². The zero-order chi connectivity index (χ0) is 24.3. The second kappa shape index (κ2) is 7.91. The summed E-state index contributed by atoms with van der Waals surface area (Å²) in [6.07, 6.45) is 1.02. The molecule has 7 aromatic carbocycles. The Morgan fingerprint density at radius 1 is 0.351 bits per heavy atom. The Labute approximate surface area is 216 Å². The normalized spacial score (nSPS) is 12.2. The summed E-state index contributed by atoms with van der Waals surface area (Å²) in [5, 5.41) is 7.77. The molecular weight excluding hydrogens is 444 g/mol. The molecule has 1 aliphatic rings. The van der Waals surface area contributed by atoms with Crippen LogP contribution >= 0.6 is 0 Å². The van der Waals surface area contributed by atoms with Gasteiger partial charge in [0.25, 0.3) is 0 Å². The third-order valence-corrected chi connectivity index (χ3v) is 8.08. The topological polar surface area (TPSA) is 0 Å². The minimum absolute atomic E-state index is 1.02. The molecule has 0 radical (unpaired) electrons. The van der Waals surface area contributed by atoms with E-state index in [1.54, 1.807) is 0 Å². The van der Waals surface area contributed by atoms with Crippen molar-refractivity contribution in [3.8, 4) is 33.4 Å². The van der Waals surface area contributed by atoms with Crippen LogP contribution in [0.15, 0.2) is 133 Å². The van der Waals surface area contributed by atoms with E-state index in [0.717, 1.165) is 6.42 Å². The molecule has 0 spiro atoms. The van der Waals surface area contributed by atoms with Crippen LogP contribution in [0.25, 0.3) is 65.7 Å². The highest BCUT2D eigenvalue weighted by Crippen LogP contribution is 2.46. The second-order valence-electron chi connectivity index (χ2n) is 10.1. The fraction of sp³-hybridized carbons (Fsp3) is 0.0270. The van der Waals surface area contributed by atoms with Crippen LogP contribution in [0.4, 0.5) is 0 Å². The van der Waals surface area contributed by atoms with Gasteiger partial charge in [0, 0.05) is 0 Å². The number of hydrogen-bond acceptors (Lipinski definition) is 0. The van der Waals surface area contributed by atoms with Crippen molar-refractivity contribution in [2.75, 3.05) is 0 Å². The Kier molecular flexibility index (Phi) is 4.39. The molecule has 0 heterocycles. The molecule has 0 amide bonds. The summed E-state index contributed by atoms with van der Waals surface area (Å²) >= 11 is 0. The molecule has 0 aliphatic heterocycles. The van der Waals surface area contributed by atoms with Gasteiger partial charge in [-0.2, -0.15) is 0 Å². The molecule has 0 heteroatoms. The maximum atomic E-state index is 2.42. The second-order valence-corrected chi connectivity index (χ2v) is 10.1. The van der Waals surface area contributed by atoms with Crippen molar-refractivity contribution in [3.63, 3.8) is 0 Å². The van der Waals surface area contributed by atoms with Crippen LogP contribution in [0.2, 0.25) is 0 Å². The van der Waals surface area contributed by atoms with Gasteiger partial charge < -0.3 is 0 Å². The molecule has 1 aliphatic carbocycles. The largest absolute Gasteiger partial charge is 0.0619 e. The van der Waals surface area contributed by atoms with E-state index in [-0.39, 0.29) is 0 Å². The quantitative estimate of drug-likeness (QED) is 0.221. The van der Waals surface area contributed by atoms with Crippen LogP contribution in [-0.4, -0.2) is 0 Å². The van der Waals surface area contributed by atoms with Crippen molar-refractivity contribution in [2.24, 2.45) is 0 Å². The zero-order valence-electron chi connectivity index (χ0n) is 20.4. The molecule has 172 valence electrons. The van der Waals surface area contributed by atoms with Gasteiger partial charge in [0.05, 0.1) is 0 Å². The molecule has 0 N–H and O–H groups in total. The van der Waals surface area contributed by atoms with E-state index in [4.69, 9.17) is 0 Å². The summed E-state index contributed by atoms with van der Waals surface area (Å²) in [6.45, 7) is 0. The van der Waals surface area contributed by atoms with Gasteiger partial charge in [-0.15, -0.1) is 0 Å². The van der Waals surface area contributed by atoms with Crippen molar-refractivity contribution in [3.05, 3.63) is 145 Å². The minimum Gasteiger partial charge on any atom is -0.0619 e. The molecule has 37 heavy (non-hydrogen) atoms. The van der Waals surface area contributed by atoms with Crippen molar-refractivity contribution >= 4 is 32.3 Å². The van der Waals surface area contributed by atoms with Gasteiger partial charge in [-0.1, -0.05) is 127 Å². The predicted molar refractivity (Wildman–Crippen MR) is 158 cm³/mol. The van der Waals surface area contributed by atoms with Gasteiger partial charge in [0.1, 0.15) is 0 Å². The lowest BCUT2D eigenvalue weighted by Crippen LogP contribution is -1.92. The Morgan fingerprint density at radius 3 is 1.65 bits per heavy atom. The number of rotatable bonds is 2.